The molecule has 0 amide bonds. The van der Waals surface area contributed by atoms with Crippen LogP contribution >= 0.6 is 43.5 Å². The highest BCUT2D eigenvalue weighted by atomic mass is 79.9. The quantitative estimate of drug-likeness (QED) is 0.571. The van der Waals surface area contributed by atoms with Gasteiger partial charge in [-0.2, -0.15) is 0 Å². The number of hydrogen-bond donors (Lipinski definition) is 0. The summed E-state index contributed by atoms with van der Waals surface area (Å²) in [5, 5.41) is 8.77. The molecule has 2 aromatic heterocycles. The average Bonchev–Trinajstić information content (AvgIpc) is 2.71. The highest BCUT2D eigenvalue weighted by molar-refractivity contribution is 9.11. The third kappa shape index (κ3) is 2.40. The minimum absolute atomic E-state index is 0.416. The van der Waals surface area contributed by atoms with Crippen LogP contribution in [0.1, 0.15) is 5.82 Å². The number of aryl methyl sites for hydroxylation is 1. The van der Waals surface area contributed by atoms with E-state index in [0.717, 1.165) is 26.2 Å². The molecular weight excluding hydrogens is 395 g/mol. The maximum Gasteiger partial charge on any atom is 0.169 e. The maximum absolute atomic E-state index is 5.92. The van der Waals surface area contributed by atoms with Crippen LogP contribution in [0.25, 0.3) is 17.0 Å². The summed E-state index contributed by atoms with van der Waals surface area (Å²) in [4.78, 5) is 4.23. The number of fused-ring (bicyclic) bond motifs is 1. The van der Waals surface area contributed by atoms with E-state index < -0.39 is 0 Å². The molecular formula is C12H7Br2ClN4. The first-order valence-electron chi connectivity index (χ1n) is 5.39. The lowest BCUT2D eigenvalue weighted by atomic mass is 10.2. The topological polar surface area (TPSA) is 43.1 Å². The molecule has 0 saturated heterocycles. The van der Waals surface area contributed by atoms with Crippen molar-refractivity contribution in [3.8, 4) is 11.4 Å². The fraction of sp³-hybridized carbons (Fsp3) is 0.0833. The largest absolute Gasteiger partial charge is 0.263 e. The van der Waals surface area contributed by atoms with Crippen molar-refractivity contribution in [3.05, 3.63) is 44.2 Å². The Morgan fingerprint density at radius 2 is 1.74 bits per heavy atom. The van der Waals surface area contributed by atoms with Gasteiger partial charge in [-0.3, -0.25) is 4.40 Å². The van der Waals surface area contributed by atoms with E-state index in [1.54, 1.807) is 6.07 Å². The predicted molar refractivity (Wildman–Crippen MR) is 81.4 cm³/mol. The smallest absolute Gasteiger partial charge is 0.169 e. The van der Waals surface area contributed by atoms with E-state index in [0.29, 0.717) is 10.8 Å². The summed E-state index contributed by atoms with van der Waals surface area (Å²) in [5.41, 5.74) is 1.63. The molecule has 0 aliphatic heterocycles. The molecule has 0 spiro atoms. The lowest BCUT2D eigenvalue weighted by Crippen LogP contribution is -1.98. The SMILES string of the molecule is Cc1nc(Cl)cc2nnc(-c3cc(Br)cc(Br)c3)n12. The first-order chi connectivity index (χ1) is 9.04. The fourth-order valence-electron chi connectivity index (χ4n) is 1.92. The van der Waals surface area contributed by atoms with E-state index in [4.69, 9.17) is 11.6 Å². The highest BCUT2D eigenvalue weighted by Crippen LogP contribution is 2.27. The summed E-state index contributed by atoms with van der Waals surface area (Å²) in [6, 6.07) is 7.62. The summed E-state index contributed by atoms with van der Waals surface area (Å²) >= 11 is 12.9. The zero-order chi connectivity index (χ0) is 13.6. The van der Waals surface area contributed by atoms with Crippen LogP contribution in [0.2, 0.25) is 5.15 Å². The standard InChI is InChI=1S/C12H7Br2ClN4/c1-6-16-10(15)5-11-17-18-12(19(6)11)7-2-8(13)4-9(14)3-7/h2-5H,1H3. The van der Waals surface area contributed by atoms with E-state index in [9.17, 15) is 0 Å². The van der Waals surface area contributed by atoms with Crippen LogP contribution in [0.3, 0.4) is 0 Å². The highest BCUT2D eigenvalue weighted by Gasteiger charge is 2.12. The number of nitrogens with zero attached hydrogens (tertiary/aromatic N) is 4. The number of benzene rings is 1. The third-order valence-corrected chi connectivity index (χ3v) is 3.76. The van der Waals surface area contributed by atoms with Crippen LogP contribution in [-0.2, 0) is 0 Å². The zero-order valence-corrected chi connectivity index (χ0v) is 13.7. The summed E-state index contributed by atoms with van der Waals surface area (Å²) in [6.07, 6.45) is 0. The molecule has 2 heterocycles. The van der Waals surface area contributed by atoms with Gasteiger partial charge in [-0.1, -0.05) is 43.5 Å². The van der Waals surface area contributed by atoms with E-state index in [2.05, 4.69) is 47.0 Å². The van der Waals surface area contributed by atoms with Crippen molar-refractivity contribution in [2.75, 3.05) is 0 Å². The Labute approximate surface area is 131 Å². The molecule has 0 radical (unpaired) electrons. The summed E-state index contributed by atoms with van der Waals surface area (Å²) in [6.45, 7) is 1.87. The molecule has 0 N–H and O–H groups in total. The molecule has 7 heteroatoms. The molecule has 96 valence electrons. The van der Waals surface area contributed by atoms with Gasteiger partial charge >= 0.3 is 0 Å². The second-order valence-corrected chi connectivity index (χ2v) is 6.22. The van der Waals surface area contributed by atoms with E-state index >= 15 is 0 Å². The first-order valence-corrected chi connectivity index (χ1v) is 7.36. The molecule has 1 aromatic carbocycles. The van der Waals surface area contributed by atoms with Gasteiger partial charge in [-0.05, 0) is 25.1 Å². The van der Waals surface area contributed by atoms with Crippen molar-refractivity contribution in [1.29, 1.82) is 0 Å². The van der Waals surface area contributed by atoms with Gasteiger partial charge in [0.1, 0.15) is 11.0 Å². The van der Waals surface area contributed by atoms with Crippen LogP contribution in [0.15, 0.2) is 33.2 Å². The van der Waals surface area contributed by atoms with Crippen LogP contribution in [0, 0.1) is 6.92 Å². The third-order valence-electron chi connectivity index (χ3n) is 2.65. The second-order valence-electron chi connectivity index (χ2n) is 4.00. The van der Waals surface area contributed by atoms with Crippen molar-refractivity contribution in [2.45, 2.75) is 6.92 Å². The van der Waals surface area contributed by atoms with Crippen molar-refractivity contribution < 1.29 is 0 Å². The van der Waals surface area contributed by atoms with Crippen LogP contribution in [-0.4, -0.2) is 19.6 Å². The Bertz CT molecular complexity index is 764. The molecule has 3 rings (SSSR count). The summed E-state index contributed by atoms with van der Waals surface area (Å²) in [5.74, 6) is 1.48. The maximum atomic E-state index is 5.92. The predicted octanol–water partition coefficient (Wildman–Crippen LogP) is 4.28. The van der Waals surface area contributed by atoms with Crippen molar-refractivity contribution in [3.63, 3.8) is 0 Å². The molecule has 4 nitrogen and oxygen atoms in total. The number of rotatable bonds is 1. The van der Waals surface area contributed by atoms with E-state index in [-0.39, 0.29) is 0 Å². The minimum atomic E-state index is 0.416. The molecule has 0 saturated carbocycles. The van der Waals surface area contributed by atoms with E-state index in [1.165, 1.54) is 0 Å². The van der Waals surface area contributed by atoms with Gasteiger partial charge in [0.25, 0.3) is 0 Å². The normalized spacial score (nSPS) is 11.2. The molecule has 0 fully saturated rings. The zero-order valence-electron chi connectivity index (χ0n) is 9.73. The molecule has 0 atom stereocenters. The monoisotopic (exact) mass is 400 g/mol. The number of halogens is 3. The Morgan fingerprint density at radius 1 is 1.05 bits per heavy atom. The van der Waals surface area contributed by atoms with Crippen LogP contribution < -0.4 is 0 Å². The Morgan fingerprint density at radius 3 is 2.42 bits per heavy atom. The van der Waals surface area contributed by atoms with Crippen LogP contribution in [0.5, 0.6) is 0 Å². The Balaban J connectivity index is 2.31. The van der Waals surface area contributed by atoms with Gasteiger partial charge in [-0.25, -0.2) is 4.98 Å². The Kier molecular flexibility index (Phi) is 3.32. The molecule has 19 heavy (non-hydrogen) atoms. The summed E-state index contributed by atoms with van der Waals surface area (Å²) in [7, 11) is 0. The summed E-state index contributed by atoms with van der Waals surface area (Å²) < 4.78 is 3.81. The van der Waals surface area contributed by atoms with Crippen molar-refractivity contribution in [2.24, 2.45) is 0 Å². The van der Waals surface area contributed by atoms with Gasteiger partial charge in [0, 0.05) is 20.6 Å². The molecule has 0 unspecified atom stereocenters. The van der Waals surface area contributed by atoms with Gasteiger partial charge < -0.3 is 0 Å². The van der Waals surface area contributed by atoms with Gasteiger partial charge in [0.05, 0.1) is 0 Å². The van der Waals surface area contributed by atoms with Gasteiger partial charge in [0.2, 0.25) is 0 Å². The Hall–Kier alpha value is -0.980. The minimum Gasteiger partial charge on any atom is -0.263 e. The van der Waals surface area contributed by atoms with Crippen molar-refractivity contribution in [1.82, 2.24) is 19.6 Å². The first kappa shape index (κ1) is 13.0. The number of aromatic nitrogens is 4. The number of hydrogen-bond acceptors (Lipinski definition) is 3. The van der Waals surface area contributed by atoms with Gasteiger partial charge in [-0.15, -0.1) is 10.2 Å². The second kappa shape index (κ2) is 4.85. The molecule has 0 bridgehead atoms. The van der Waals surface area contributed by atoms with Gasteiger partial charge in [0.15, 0.2) is 11.5 Å². The lowest BCUT2D eigenvalue weighted by Gasteiger charge is -2.05. The van der Waals surface area contributed by atoms with E-state index in [1.807, 2.05) is 29.5 Å². The van der Waals surface area contributed by atoms with Crippen molar-refractivity contribution >= 4 is 49.1 Å². The molecule has 0 aliphatic rings. The van der Waals surface area contributed by atoms with Crippen LogP contribution in [0.4, 0.5) is 0 Å². The molecule has 0 aliphatic carbocycles. The molecule has 3 aromatic rings. The fourth-order valence-corrected chi connectivity index (χ4v) is 3.44. The lowest BCUT2D eigenvalue weighted by molar-refractivity contribution is 0.988. The average molecular weight is 402 g/mol.